The standard InChI is InChI=1S/C6H9N3O2/c1-3-6(7)8-4-5(2)9(10)11/h3-4H,1H2,2H3,(H2,7,8)/b5-4+. The average Bonchev–Trinajstić information content (AvgIpc) is 1.99. The van der Waals surface area contributed by atoms with E-state index in [0.29, 0.717) is 0 Å². The number of hydrogen-bond acceptors (Lipinski definition) is 3. The number of nitrogens with two attached hydrogens (primary N) is 1. The number of rotatable bonds is 3. The van der Waals surface area contributed by atoms with Gasteiger partial charge in [-0.05, 0) is 6.08 Å². The predicted octanol–water partition coefficient (Wildman–Crippen LogP) is 0.668. The minimum absolute atomic E-state index is 0.0604. The Morgan fingerprint density at radius 1 is 1.82 bits per heavy atom. The summed E-state index contributed by atoms with van der Waals surface area (Å²) in [7, 11) is 0. The highest BCUT2D eigenvalue weighted by molar-refractivity contribution is 5.91. The Hall–Kier alpha value is -1.65. The Bertz CT molecular complexity index is 230. The summed E-state index contributed by atoms with van der Waals surface area (Å²) in [4.78, 5) is 13.0. The van der Waals surface area contributed by atoms with Gasteiger partial charge in [-0.2, -0.15) is 0 Å². The molecule has 0 aromatic rings. The van der Waals surface area contributed by atoms with Crippen molar-refractivity contribution in [1.29, 1.82) is 0 Å². The third kappa shape index (κ3) is 3.85. The third-order valence-corrected chi connectivity index (χ3v) is 0.898. The second kappa shape index (κ2) is 4.21. The molecule has 0 saturated heterocycles. The van der Waals surface area contributed by atoms with Gasteiger partial charge in [0.1, 0.15) is 12.0 Å². The monoisotopic (exact) mass is 155 g/mol. The molecule has 0 bridgehead atoms. The molecule has 0 amide bonds. The second-order valence-corrected chi connectivity index (χ2v) is 1.79. The van der Waals surface area contributed by atoms with Crippen molar-refractivity contribution in [3.05, 3.63) is 34.7 Å². The van der Waals surface area contributed by atoms with Gasteiger partial charge in [-0.15, -0.1) is 0 Å². The van der Waals surface area contributed by atoms with Crippen LogP contribution >= 0.6 is 0 Å². The molecule has 5 heteroatoms. The van der Waals surface area contributed by atoms with Crippen LogP contribution in [0, 0.1) is 10.1 Å². The third-order valence-electron chi connectivity index (χ3n) is 0.898. The van der Waals surface area contributed by atoms with Gasteiger partial charge in [0.05, 0.1) is 4.92 Å². The smallest absolute Gasteiger partial charge is 0.261 e. The van der Waals surface area contributed by atoms with Crippen LogP contribution in [0.1, 0.15) is 6.92 Å². The molecule has 11 heavy (non-hydrogen) atoms. The fourth-order valence-electron chi connectivity index (χ4n) is 0.268. The fourth-order valence-corrected chi connectivity index (χ4v) is 0.268. The lowest BCUT2D eigenvalue weighted by molar-refractivity contribution is -0.424. The molecule has 0 saturated carbocycles. The van der Waals surface area contributed by atoms with E-state index in [9.17, 15) is 10.1 Å². The van der Waals surface area contributed by atoms with Crippen LogP contribution < -0.4 is 5.73 Å². The normalized spacial score (nSPS) is 12.8. The molecule has 0 aliphatic carbocycles. The van der Waals surface area contributed by atoms with Crippen LogP contribution in [0.25, 0.3) is 0 Å². The summed E-state index contributed by atoms with van der Waals surface area (Å²) in [6.07, 6.45) is 2.39. The highest BCUT2D eigenvalue weighted by Crippen LogP contribution is 1.92. The molecule has 0 rings (SSSR count). The first-order valence-electron chi connectivity index (χ1n) is 2.84. The van der Waals surface area contributed by atoms with Gasteiger partial charge in [-0.25, -0.2) is 4.99 Å². The van der Waals surface area contributed by atoms with Crippen molar-refractivity contribution < 1.29 is 4.92 Å². The van der Waals surface area contributed by atoms with E-state index in [-0.39, 0.29) is 11.5 Å². The summed E-state index contributed by atoms with van der Waals surface area (Å²) in [6.45, 7) is 4.66. The number of hydrogen-bond donors (Lipinski definition) is 1. The highest BCUT2D eigenvalue weighted by Gasteiger charge is 1.98. The Labute approximate surface area is 64.1 Å². The van der Waals surface area contributed by atoms with E-state index in [0.717, 1.165) is 6.20 Å². The maximum absolute atomic E-state index is 10.0. The van der Waals surface area contributed by atoms with Gasteiger partial charge in [-0.3, -0.25) is 10.1 Å². The number of nitro groups is 1. The van der Waals surface area contributed by atoms with Crippen LogP contribution in [0.2, 0.25) is 0 Å². The molecule has 0 radical (unpaired) electrons. The van der Waals surface area contributed by atoms with E-state index < -0.39 is 4.92 Å². The molecule has 60 valence electrons. The lowest BCUT2D eigenvalue weighted by atomic mass is 10.5. The number of amidine groups is 1. The van der Waals surface area contributed by atoms with Crippen LogP contribution in [-0.2, 0) is 0 Å². The zero-order valence-corrected chi connectivity index (χ0v) is 6.15. The SMILES string of the molecule is C=C/C(N)=N\C=C(/C)[N+](=O)[O-]. The second-order valence-electron chi connectivity index (χ2n) is 1.79. The van der Waals surface area contributed by atoms with Crippen LogP contribution in [0.3, 0.4) is 0 Å². The van der Waals surface area contributed by atoms with Crippen molar-refractivity contribution in [2.45, 2.75) is 6.92 Å². The largest absolute Gasteiger partial charge is 0.384 e. The minimum Gasteiger partial charge on any atom is -0.384 e. The van der Waals surface area contributed by atoms with Gasteiger partial charge in [0.2, 0.25) is 0 Å². The van der Waals surface area contributed by atoms with Gasteiger partial charge in [0.15, 0.2) is 0 Å². The Morgan fingerprint density at radius 2 is 2.36 bits per heavy atom. The van der Waals surface area contributed by atoms with Crippen LogP contribution in [0.15, 0.2) is 29.5 Å². The summed E-state index contributed by atoms with van der Waals surface area (Å²) in [5, 5.41) is 10.0. The van der Waals surface area contributed by atoms with E-state index in [4.69, 9.17) is 5.73 Å². The van der Waals surface area contributed by atoms with Crippen molar-refractivity contribution in [2.24, 2.45) is 10.7 Å². The Balaban J connectivity index is 4.34. The first-order chi connectivity index (χ1) is 5.07. The van der Waals surface area contributed by atoms with Crippen LogP contribution in [-0.4, -0.2) is 10.8 Å². The van der Waals surface area contributed by atoms with Gasteiger partial charge in [0.25, 0.3) is 5.70 Å². The summed E-state index contributed by atoms with van der Waals surface area (Å²) in [5.74, 6) is 0.159. The summed E-state index contributed by atoms with van der Waals surface area (Å²) in [5.41, 5.74) is 5.13. The molecule has 0 heterocycles. The van der Waals surface area contributed by atoms with Crippen LogP contribution in [0.4, 0.5) is 0 Å². The molecule has 2 N–H and O–H groups in total. The number of allylic oxidation sites excluding steroid dienone is 1. The fraction of sp³-hybridized carbons (Fsp3) is 0.167. The molecule has 0 fully saturated rings. The summed E-state index contributed by atoms with van der Waals surface area (Å²) < 4.78 is 0. The molecule has 0 spiro atoms. The van der Waals surface area contributed by atoms with Gasteiger partial charge in [-0.1, -0.05) is 6.58 Å². The lowest BCUT2D eigenvalue weighted by Gasteiger charge is -1.87. The van der Waals surface area contributed by atoms with Gasteiger partial charge in [0, 0.05) is 6.92 Å². The topological polar surface area (TPSA) is 81.5 Å². The molecule has 0 aliphatic rings. The van der Waals surface area contributed by atoms with E-state index in [2.05, 4.69) is 11.6 Å². The first-order valence-corrected chi connectivity index (χ1v) is 2.84. The molecular formula is C6H9N3O2. The average molecular weight is 155 g/mol. The number of aliphatic imine (C=N–C) groups is 1. The molecular weight excluding hydrogens is 146 g/mol. The maximum atomic E-state index is 10.0. The van der Waals surface area contributed by atoms with E-state index >= 15 is 0 Å². The van der Waals surface area contributed by atoms with E-state index in [1.807, 2.05) is 0 Å². The zero-order valence-electron chi connectivity index (χ0n) is 6.15. The van der Waals surface area contributed by atoms with Crippen molar-refractivity contribution in [3.8, 4) is 0 Å². The molecule has 0 aromatic heterocycles. The van der Waals surface area contributed by atoms with E-state index in [1.165, 1.54) is 13.0 Å². The quantitative estimate of drug-likeness (QED) is 0.281. The molecule has 0 unspecified atom stereocenters. The van der Waals surface area contributed by atoms with Gasteiger partial charge < -0.3 is 5.73 Å². The minimum atomic E-state index is -0.542. The van der Waals surface area contributed by atoms with Crippen molar-refractivity contribution >= 4 is 5.84 Å². The first kappa shape index (κ1) is 9.35. The van der Waals surface area contributed by atoms with E-state index in [1.54, 1.807) is 0 Å². The molecule has 0 atom stereocenters. The number of nitrogens with zero attached hydrogens (tertiary/aromatic N) is 2. The van der Waals surface area contributed by atoms with Crippen molar-refractivity contribution in [2.75, 3.05) is 0 Å². The Kier molecular flexibility index (Phi) is 3.58. The Morgan fingerprint density at radius 3 is 2.73 bits per heavy atom. The zero-order chi connectivity index (χ0) is 8.85. The van der Waals surface area contributed by atoms with Gasteiger partial charge >= 0.3 is 0 Å². The van der Waals surface area contributed by atoms with Crippen molar-refractivity contribution in [1.82, 2.24) is 0 Å². The lowest BCUT2D eigenvalue weighted by Crippen LogP contribution is -2.06. The predicted molar refractivity (Wildman–Crippen MR) is 42.6 cm³/mol. The summed E-state index contributed by atoms with van der Waals surface area (Å²) >= 11 is 0. The maximum Gasteiger partial charge on any atom is 0.261 e. The molecule has 0 aliphatic heterocycles. The highest BCUT2D eigenvalue weighted by atomic mass is 16.6. The summed E-state index contributed by atoms with van der Waals surface area (Å²) in [6, 6.07) is 0. The van der Waals surface area contributed by atoms with Crippen molar-refractivity contribution in [3.63, 3.8) is 0 Å². The van der Waals surface area contributed by atoms with Crippen LogP contribution in [0.5, 0.6) is 0 Å². The molecule has 5 nitrogen and oxygen atoms in total. The molecule has 0 aromatic carbocycles.